The lowest BCUT2D eigenvalue weighted by molar-refractivity contribution is -0.154. The van der Waals surface area contributed by atoms with Crippen molar-refractivity contribution in [2.24, 2.45) is 5.41 Å². The fourth-order valence-electron chi connectivity index (χ4n) is 1.63. The third-order valence-corrected chi connectivity index (χ3v) is 3.76. The van der Waals surface area contributed by atoms with Crippen molar-refractivity contribution >= 4 is 23.2 Å². The molecule has 0 bridgehead atoms. The van der Waals surface area contributed by atoms with E-state index < -0.39 is 11.4 Å². The fraction of sp³-hybridized carbons (Fsp3) is 0.500. The number of hydrogen-bond acceptors (Lipinski definition) is 3. The fourth-order valence-corrected chi connectivity index (χ4v) is 2.30. The zero-order chi connectivity index (χ0) is 12.5. The Kier molecular flexibility index (Phi) is 3.19. The summed E-state index contributed by atoms with van der Waals surface area (Å²) in [5, 5.41) is 15.8. The second-order valence-corrected chi connectivity index (χ2v) is 5.47. The predicted octanol–water partition coefficient (Wildman–Crippen LogP) is 1.66. The first-order chi connectivity index (χ1) is 8.02. The van der Waals surface area contributed by atoms with Crippen LogP contribution < -0.4 is 5.32 Å². The van der Waals surface area contributed by atoms with E-state index in [2.05, 4.69) is 5.32 Å². The Morgan fingerprint density at radius 3 is 2.76 bits per heavy atom. The van der Waals surface area contributed by atoms with Crippen molar-refractivity contribution in [1.82, 2.24) is 5.32 Å². The molecule has 1 amide bonds. The second-order valence-electron chi connectivity index (χ2n) is 4.69. The maximum absolute atomic E-state index is 12.0. The zero-order valence-corrected chi connectivity index (χ0v) is 10.4. The Morgan fingerprint density at radius 1 is 1.59 bits per heavy atom. The SMILES string of the molecule is CC(Cc1ccsc1)(C(=O)O)C(=O)NC1CC1. The van der Waals surface area contributed by atoms with Crippen LogP contribution in [0, 0.1) is 5.41 Å². The Bertz CT molecular complexity index is 425. The van der Waals surface area contributed by atoms with Gasteiger partial charge in [-0.2, -0.15) is 11.3 Å². The topological polar surface area (TPSA) is 66.4 Å². The molecule has 0 radical (unpaired) electrons. The molecule has 4 nitrogen and oxygen atoms in total. The molecule has 17 heavy (non-hydrogen) atoms. The molecule has 1 fully saturated rings. The van der Waals surface area contributed by atoms with E-state index in [0.29, 0.717) is 0 Å². The van der Waals surface area contributed by atoms with Crippen molar-refractivity contribution in [3.63, 3.8) is 0 Å². The molecule has 1 heterocycles. The molecule has 1 saturated carbocycles. The van der Waals surface area contributed by atoms with Crippen molar-refractivity contribution in [2.75, 3.05) is 0 Å². The summed E-state index contributed by atoms with van der Waals surface area (Å²) < 4.78 is 0. The molecule has 0 aliphatic heterocycles. The van der Waals surface area contributed by atoms with Crippen LogP contribution in [0.4, 0.5) is 0 Å². The highest BCUT2D eigenvalue weighted by atomic mass is 32.1. The van der Waals surface area contributed by atoms with E-state index in [4.69, 9.17) is 0 Å². The van der Waals surface area contributed by atoms with Gasteiger partial charge in [-0.05, 0) is 48.6 Å². The molecule has 1 atom stereocenters. The summed E-state index contributed by atoms with van der Waals surface area (Å²) in [6, 6.07) is 2.04. The summed E-state index contributed by atoms with van der Waals surface area (Å²) in [4.78, 5) is 23.3. The number of carbonyl (C=O) groups excluding carboxylic acids is 1. The van der Waals surface area contributed by atoms with E-state index in [1.54, 1.807) is 0 Å². The van der Waals surface area contributed by atoms with E-state index >= 15 is 0 Å². The van der Waals surface area contributed by atoms with Crippen molar-refractivity contribution < 1.29 is 14.7 Å². The molecule has 0 aromatic carbocycles. The van der Waals surface area contributed by atoms with Gasteiger partial charge in [0.1, 0.15) is 5.41 Å². The van der Waals surface area contributed by atoms with Gasteiger partial charge < -0.3 is 10.4 Å². The number of aliphatic carboxylic acids is 1. The van der Waals surface area contributed by atoms with Gasteiger partial charge in [0.25, 0.3) is 0 Å². The lowest BCUT2D eigenvalue weighted by atomic mass is 9.83. The Hall–Kier alpha value is -1.36. The molecule has 1 aromatic rings. The predicted molar refractivity (Wildman–Crippen MR) is 64.9 cm³/mol. The number of amides is 1. The highest BCUT2D eigenvalue weighted by Crippen LogP contribution is 2.27. The average Bonchev–Trinajstić information content (AvgIpc) is 2.93. The lowest BCUT2D eigenvalue weighted by Crippen LogP contribution is -2.46. The van der Waals surface area contributed by atoms with E-state index in [-0.39, 0.29) is 18.4 Å². The smallest absolute Gasteiger partial charge is 0.319 e. The molecule has 5 heteroatoms. The van der Waals surface area contributed by atoms with Crippen LogP contribution in [0.1, 0.15) is 25.3 Å². The highest BCUT2D eigenvalue weighted by molar-refractivity contribution is 7.07. The first-order valence-electron chi connectivity index (χ1n) is 5.58. The first kappa shape index (κ1) is 12.1. The second kappa shape index (κ2) is 4.49. The van der Waals surface area contributed by atoms with Gasteiger partial charge in [-0.3, -0.25) is 9.59 Å². The van der Waals surface area contributed by atoms with Crippen LogP contribution in [-0.4, -0.2) is 23.0 Å². The van der Waals surface area contributed by atoms with Crippen molar-refractivity contribution in [2.45, 2.75) is 32.2 Å². The van der Waals surface area contributed by atoms with E-state index in [1.165, 1.54) is 18.3 Å². The molecule has 0 spiro atoms. The van der Waals surface area contributed by atoms with Crippen LogP contribution >= 0.6 is 11.3 Å². The Morgan fingerprint density at radius 2 is 2.29 bits per heavy atom. The number of carbonyl (C=O) groups is 2. The van der Waals surface area contributed by atoms with E-state index in [9.17, 15) is 14.7 Å². The molecule has 1 unspecified atom stereocenters. The average molecular weight is 253 g/mol. The monoisotopic (exact) mass is 253 g/mol. The van der Waals surface area contributed by atoms with Crippen molar-refractivity contribution in [3.05, 3.63) is 22.4 Å². The highest BCUT2D eigenvalue weighted by Gasteiger charge is 2.43. The number of rotatable bonds is 5. The van der Waals surface area contributed by atoms with Gasteiger partial charge in [0, 0.05) is 6.04 Å². The quantitative estimate of drug-likeness (QED) is 0.784. The van der Waals surface area contributed by atoms with Gasteiger partial charge in [-0.15, -0.1) is 0 Å². The number of carboxylic acid groups (broad SMARTS) is 1. The van der Waals surface area contributed by atoms with Crippen LogP contribution in [0.3, 0.4) is 0 Å². The van der Waals surface area contributed by atoms with Gasteiger partial charge in [0.15, 0.2) is 0 Å². The lowest BCUT2D eigenvalue weighted by Gasteiger charge is -2.23. The standard InChI is InChI=1S/C12H15NO3S/c1-12(11(15)16,6-8-4-5-17-7-8)10(14)13-9-2-3-9/h4-5,7,9H,2-3,6H2,1H3,(H,13,14)(H,15,16). The summed E-state index contributed by atoms with van der Waals surface area (Å²) in [7, 11) is 0. The minimum atomic E-state index is -1.37. The van der Waals surface area contributed by atoms with Crippen molar-refractivity contribution in [3.8, 4) is 0 Å². The van der Waals surface area contributed by atoms with Crippen molar-refractivity contribution in [1.29, 1.82) is 0 Å². The third kappa shape index (κ3) is 2.66. The summed E-state index contributed by atoms with van der Waals surface area (Å²) >= 11 is 1.51. The van der Waals surface area contributed by atoms with Crippen LogP contribution in [0.2, 0.25) is 0 Å². The van der Waals surface area contributed by atoms with Gasteiger partial charge in [-0.25, -0.2) is 0 Å². The third-order valence-electron chi connectivity index (χ3n) is 3.02. The van der Waals surface area contributed by atoms with Gasteiger partial charge in [0.05, 0.1) is 0 Å². The first-order valence-corrected chi connectivity index (χ1v) is 6.52. The van der Waals surface area contributed by atoms with Crippen LogP contribution in [0.5, 0.6) is 0 Å². The molecule has 2 N–H and O–H groups in total. The molecule has 92 valence electrons. The largest absolute Gasteiger partial charge is 0.480 e. The molecule has 1 aliphatic rings. The summed E-state index contributed by atoms with van der Waals surface area (Å²) in [5.74, 6) is -1.44. The van der Waals surface area contributed by atoms with E-state index in [1.807, 2.05) is 16.8 Å². The summed E-state index contributed by atoms with van der Waals surface area (Å²) in [6.45, 7) is 1.49. The normalized spacial score (nSPS) is 18.4. The van der Waals surface area contributed by atoms with Crippen LogP contribution in [-0.2, 0) is 16.0 Å². The molecule has 1 aliphatic carbocycles. The maximum Gasteiger partial charge on any atom is 0.319 e. The van der Waals surface area contributed by atoms with Gasteiger partial charge in [0.2, 0.25) is 5.91 Å². The van der Waals surface area contributed by atoms with E-state index in [0.717, 1.165) is 18.4 Å². The van der Waals surface area contributed by atoms with Gasteiger partial charge in [-0.1, -0.05) is 0 Å². The molecule has 1 aromatic heterocycles. The van der Waals surface area contributed by atoms with Crippen LogP contribution in [0.25, 0.3) is 0 Å². The minimum absolute atomic E-state index is 0.184. The van der Waals surface area contributed by atoms with Gasteiger partial charge >= 0.3 is 5.97 Å². The van der Waals surface area contributed by atoms with Crippen LogP contribution in [0.15, 0.2) is 16.8 Å². The molecular formula is C12H15NO3S. The Labute approximate surface area is 104 Å². The Balaban J connectivity index is 2.12. The number of nitrogens with one attached hydrogen (secondary N) is 1. The summed E-state index contributed by atoms with van der Waals surface area (Å²) in [5.41, 5.74) is -0.477. The number of carboxylic acids is 1. The zero-order valence-electron chi connectivity index (χ0n) is 9.60. The number of thiophene rings is 1. The number of hydrogen-bond donors (Lipinski definition) is 2. The molecule has 2 rings (SSSR count). The molecular weight excluding hydrogens is 238 g/mol. The summed E-state index contributed by atoms with van der Waals surface area (Å²) in [6.07, 6.45) is 2.16. The maximum atomic E-state index is 12.0. The minimum Gasteiger partial charge on any atom is -0.480 e. The molecule has 0 saturated heterocycles.